The van der Waals surface area contributed by atoms with Gasteiger partial charge in [-0.05, 0) is 100 Å². The van der Waals surface area contributed by atoms with Gasteiger partial charge in [-0.25, -0.2) is 18.7 Å². The number of nitrogens with one attached hydrogen (secondary N) is 4. The van der Waals surface area contributed by atoms with Crippen molar-refractivity contribution in [2.75, 3.05) is 25.5 Å². The number of phosphoric acid groups is 2. The predicted octanol–water partition coefficient (Wildman–Crippen LogP) is 2.50. The quantitative estimate of drug-likeness (QED) is 0.0380. The minimum Gasteiger partial charge on any atom is -0.390 e. The molecule has 0 aliphatic carbocycles. The van der Waals surface area contributed by atoms with Crippen molar-refractivity contribution in [3.05, 3.63) is 114 Å². The number of phosphoric ester groups is 2. The van der Waals surface area contributed by atoms with Crippen LogP contribution in [0.1, 0.15) is 57.6 Å². The van der Waals surface area contributed by atoms with Crippen molar-refractivity contribution in [1.82, 2.24) is 30.4 Å². The normalized spacial score (nSPS) is 21.7. The van der Waals surface area contributed by atoms with Gasteiger partial charge in [0.2, 0.25) is 11.8 Å². The van der Waals surface area contributed by atoms with Crippen LogP contribution in [0.5, 0.6) is 0 Å². The molecule has 8 N–H and O–H groups in total. The Morgan fingerprint density at radius 2 is 1.66 bits per heavy atom. The smallest absolute Gasteiger partial charge is 0.390 e. The third kappa shape index (κ3) is 19.1. The topological polar surface area (TPSA) is 307 Å². The monoisotopic (exact) mass is 1020 g/mol. The second kappa shape index (κ2) is 26.2. The van der Waals surface area contributed by atoms with Gasteiger partial charge in [0.15, 0.2) is 0 Å². The molecule has 2 saturated heterocycles. The van der Waals surface area contributed by atoms with Crippen LogP contribution >= 0.6 is 43.3 Å². The highest BCUT2D eigenvalue weighted by Gasteiger charge is 2.39. The maximum Gasteiger partial charge on any atom is 0.529 e. The zero-order valence-corrected chi connectivity index (χ0v) is 38.3. The van der Waals surface area contributed by atoms with Crippen LogP contribution in [0.2, 0.25) is 0 Å². The van der Waals surface area contributed by atoms with E-state index in [0.29, 0.717) is 44.4 Å². The number of rotatable bonds is 21. The molecule has 0 bridgehead atoms. The number of amides is 4. The number of aliphatic hydroxyl groups is 1. The Hall–Kier alpha value is -5.06. The molecule has 3 aliphatic heterocycles. The summed E-state index contributed by atoms with van der Waals surface area (Å²) in [6.07, 6.45) is 2.06. The number of urea groups is 1. The number of nitrogens with zero attached hydrogens (tertiary/aromatic N) is 2. The summed E-state index contributed by atoms with van der Waals surface area (Å²) in [6, 6.07) is -0.418. The summed E-state index contributed by atoms with van der Waals surface area (Å²) in [5, 5.41) is 18.0. The molecule has 7 unspecified atom stereocenters. The lowest BCUT2D eigenvalue weighted by atomic mass is 10.2. The van der Waals surface area contributed by atoms with Gasteiger partial charge in [-0.1, -0.05) is 12.2 Å². The van der Waals surface area contributed by atoms with Crippen molar-refractivity contribution >= 4 is 61.2 Å². The molecule has 22 nitrogen and oxygen atoms in total. The van der Waals surface area contributed by atoms with Crippen LogP contribution < -0.4 is 27.2 Å². The molecule has 4 rings (SSSR count). The standard InChI is InChI=1S/C39H43BrN6O16P2S/c1-2-3-4-5-6-7-8-9-12-15-33(62-64(56,57)59-26-30-29(47)23-36(61-30)46-24-28(40)37(50)44-39(46)52)42-32(49)14-11-10-13-20-41-31(48)19-22-65-34-18-21-45(38(51)43-34)35-17-16-27(60-35)25-58-63(53,54)55/h18,21,24,27,29-30,34-36,47H,1,10-11,13-14,16-17,19-20,22-23,25-26H2,(H,41,48)(H,42,49)(H,43,51)(H,56,57)(H,44,50,52)(H2,53,54,55). The minimum absolute atomic E-state index is 0.0280. The largest absolute Gasteiger partial charge is 0.529 e. The van der Waals surface area contributed by atoms with Crippen LogP contribution in [0.3, 0.4) is 0 Å². The molecule has 348 valence electrons. The zero-order chi connectivity index (χ0) is 47.4. The van der Waals surface area contributed by atoms with Crippen molar-refractivity contribution in [2.45, 2.75) is 87.5 Å². The first-order valence-electron chi connectivity index (χ1n) is 19.4. The summed E-state index contributed by atoms with van der Waals surface area (Å²) in [6.45, 7) is 2.64. The molecular formula is C39H43BrN6O16P2S. The average Bonchev–Trinajstić information content (AvgIpc) is 3.87. The molecule has 1 aromatic rings. The number of carbonyl (C=O) groups is 3. The molecule has 4 heterocycles. The summed E-state index contributed by atoms with van der Waals surface area (Å²) < 4.78 is 50.8. The number of H-pyrrole nitrogens is 1. The van der Waals surface area contributed by atoms with Crippen LogP contribution in [-0.4, -0.2) is 108 Å². The molecule has 0 aromatic carbocycles. The summed E-state index contributed by atoms with van der Waals surface area (Å²) in [5.41, 5.74) is 22.2. The average molecular weight is 1030 g/mol. The van der Waals surface area contributed by atoms with Gasteiger partial charge in [0.25, 0.3) is 11.4 Å². The first-order valence-corrected chi connectivity index (χ1v) is 24.3. The number of unbranched alkanes of at least 4 members (excludes halogenated alkanes) is 2. The fourth-order valence-corrected chi connectivity index (χ4v) is 8.10. The number of aliphatic hydroxyl groups excluding tert-OH is 1. The van der Waals surface area contributed by atoms with Gasteiger partial charge in [0.05, 0.1) is 35.3 Å². The summed E-state index contributed by atoms with van der Waals surface area (Å²) in [4.78, 5) is 93.5. The van der Waals surface area contributed by atoms with Gasteiger partial charge >= 0.3 is 27.4 Å². The van der Waals surface area contributed by atoms with Crippen molar-refractivity contribution in [2.24, 2.45) is 0 Å². The second-order valence-electron chi connectivity index (χ2n) is 13.6. The molecule has 0 spiro atoms. The maximum absolute atomic E-state index is 12.9. The van der Waals surface area contributed by atoms with Gasteiger partial charge in [-0.3, -0.25) is 48.1 Å². The Bertz CT molecular complexity index is 2590. The highest BCUT2D eigenvalue weighted by atomic mass is 79.9. The van der Waals surface area contributed by atoms with E-state index in [1.807, 2.05) is 0 Å². The van der Waals surface area contributed by atoms with Crippen LogP contribution in [0.25, 0.3) is 0 Å². The summed E-state index contributed by atoms with van der Waals surface area (Å²) >= 11 is 4.36. The molecule has 4 amide bonds. The van der Waals surface area contributed by atoms with Gasteiger partial charge in [0.1, 0.15) is 18.6 Å². The lowest BCUT2D eigenvalue weighted by Gasteiger charge is -2.31. The Morgan fingerprint density at radius 1 is 0.938 bits per heavy atom. The van der Waals surface area contributed by atoms with Crippen molar-refractivity contribution < 1.29 is 66.3 Å². The number of thioether (sulfide) groups is 1. The molecular weight excluding hydrogens is 982 g/mol. The number of aromatic nitrogens is 2. The van der Waals surface area contributed by atoms with Crippen molar-refractivity contribution in [3.63, 3.8) is 0 Å². The van der Waals surface area contributed by atoms with Gasteiger partial charge < -0.3 is 39.5 Å². The second-order valence-corrected chi connectivity index (χ2v) is 18.3. The Morgan fingerprint density at radius 3 is 2.37 bits per heavy atom. The van der Waals surface area contributed by atoms with E-state index in [1.54, 1.807) is 12.3 Å². The first kappa shape index (κ1) is 52.6. The van der Waals surface area contributed by atoms with E-state index >= 15 is 0 Å². The van der Waals surface area contributed by atoms with E-state index < -0.39 is 87.5 Å². The molecule has 65 heavy (non-hydrogen) atoms. The van der Waals surface area contributed by atoms with Crippen molar-refractivity contribution in [1.29, 1.82) is 0 Å². The molecule has 1 aromatic heterocycles. The zero-order valence-electron chi connectivity index (χ0n) is 34.2. The summed E-state index contributed by atoms with van der Waals surface area (Å²) in [7, 11) is -9.67. The first-order chi connectivity index (χ1) is 30.9. The van der Waals surface area contributed by atoms with Crippen LogP contribution in [0, 0.1) is 0 Å². The number of halogens is 1. The van der Waals surface area contributed by atoms with E-state index in [1.165, 1.54) is 22.9 Å². The van der Waals surface area contributed by atoms with Crippen LogP contribution in [-0.2, 0) is 41.8 Å². The molecule has 3 aliphatic rings. The fourth-order valence-electron chi connectivity index (χ4n) is 5.79. The molecule has 7 atom stereocenters. The van der Waals surface area contributed by atoms with Crippen LogP contribution in [0.15, 0.2) is 102 Å². The van der Waals surface area contributed by atoms with E-state index in [4.69, 9.17) is 28.3 Å². The molecule has 0 saturated carbocycles. The van der Waals surface area contributed by atoms with E-state index in [2.05, 4.69) is 105 Å². The molecule has 0 radical (unpaired) electrons. The van der Waals surface area contributed by atoms with Gasteiger partial charge in [-0.15, -0.1) is 11.8 Å². The van der Waals surface area contributed by atoms with E-state index in [0.717, 1.165) is 4.57 Å². The maximum atomic E-state index is 12.9. The Labute approximate surface area is 383 Å². The number of aromatic amines is 1. The van der Waals surface area contributed by atoms with E-state index in [9.17, 15) is 43.1 Å². The highest BCUT2D eigenvalue weighted by molar-refractivity contribution is 9.10. The Balaban J connectivity index is 1.20. The van der Waals surface area contributed by atoms with Gasteiger partial charge in [0, 0.05) is 49.7 Å². The minimum atomic E-state index is -5.03. The van der Waals surface area contributed by atoms with Crippen LogP contribution in [0.4, 0.5) is 4.79 Å². The van der Waals surface area contributed by atoms with Gasteiger partial charge in [-0.2, -0.15) is 0 Å². The van der Waals surface area contributed by atoms with Crippen molar-refractivity contribution in [3.8, 4) is 0 Å². The SMILES string of the molecule is C=C=C=C=C=C=C=C=C=C=C=C(NC(=O)CCCCCNC(=O)CCSC1C=CN(C2CCC(COP(=O)(O)O)O2)C(=O)N1)OP(=O)(O)OCC1OC(n2cc(Br)c(=O)[nH]c2=O)CC1O. The summed E-state index contributed by atoms with van der Waals surface area (Å²) in [5.74, 6) is -1.14. The number of hydrogen-bond acceptors (Lipinski definition) is 14. The molecule has 26 heteroatoms. The number of ether oxygens (including phenoxy) is 2. The molecule has 2 fully saturated rings. The highest BCUT2D eigenvalue weighted by Crippen LogP contribution is 2.46. The Kier molecular flexibility index (Phi) is 21.2. The number of hydrogen-bond donors (Lipinski definition) is 8. The number of carbonyl (C=O) groups excluding carboxylic acids is 3. The van der Waals surface area contributed by atoms with E-state index in [-0.39, 0.29) is 36.2 Å². The third-order valence-corrected chi connectivity index (χ3v) is 11.8. The predicted molar refractivity (Wildman–Crippen MR) is 231 cm³/mol. The fraction of sp³-hybridized carbons (Fsp3) is 0.462. The lowest BCUT2D eigenvalue weighted by Crippen LogP contribution is -2.48. The lowest BCUT2D eigenvalue weighted by molar-refractivity contribution is -0.122. The third-order valence-electron chi connectivity index (χ3n) is 8.78.